The summed E-state index contributed by atoms with van der Waals surface area (Å²) in [6, 6.07) is 11.4. The van der Waals surface area contributed by atoms with E-state index in [-0.39, 0.29) is 17.6 Å². The van der Waals surface area contributed by atoms with Gasteiger partial charge >= 0.3 is 0 Å². The van der Waals surface area contributed by atoms with E-state index in [9.17, 15) is 9.59 Å². The van der Waals surface area contributed by atoms with Crippen molar-refractivity contribution in [2.24, 2.45) is 5.92 Å². The molecule has 3 aromatic rings. The first-order valence-electron chi connectivity index (χ1n) is 10.8. The molecule has 0 atom stereocenters. The van der Waals surface area contributed by atoms with Crippen molar-refractivity contribution in [1.29, 1.82) is 0 Å². The zero-order valence-corrected chi connectivity index (χ0v) is 17.6. The Balaban J connectivity index is 1.20. The Morgan fingerprint density at radius 1 is 1.00 bits per heavy atom. The summed E-state index contributed by atoms with van der Waals surface area (Å²) in [7, 11) is 0. The predicted octanol–water partition coefficient (Wildman–Crippen LogP) is 4.18. The van der Waals surface area contributed by atoms with Gasteiger partial charge in [0.1, 0.15) is 18.8 Å². The van der Waals surface area contributed by atoms with Gasteiger partial charge in [-0.2, -0.15) is 0 Å². The number of rotatable bonds is 4. The summed E-state index contributed by atoms with van der Waals surface area (Å²) in [6.07, 6.45) is 3.34. The van der Waals surface area contributed by atoms with Gasteiger partial charge in [0.25, 0.3) is 0 Å². The molecule has 1 aromatic heterocycles. The molecule has 0 spiro atoms. The first kappa shape index (κ1) is 19.7. The fourth-order valence-electron chi connectivity index (χ4n) is 4.43. The van der Waals surface area contributed by atoms with Crippen LogP contribution in [0.15, 0.2) is 47.1 Å². The molecule has 5 rings (SSSR count). The maximum absolute atomic E-state index is 13.0. The van der Waals surface area contributed by atoms with Crippen LogP contribution in [0.5, 0.6) is 11.5 Å². The molecule has 0 radical (unpaired) electrons. The number of amides is 1. The third kappa shape index (κ3) is 3.90. The number of hydrogen-bond acceptors (Lipinski definition) is 5. The number of furan rings is 1. The number of carbonyl (C=O) groups excluding carboxylic acids is 2. The number of benzene rings is 2. The maximum atomic E-state index is 13.0. The molecule has 31 heavy (non-hydrogen) atoms. The molecule has 2 aliphatic rings. The second kappa shape index (κ2) is 8.10. The summed E-state index contributed by atoms with van der Waals surface area (Å²) in [4.78, 5) is 27.7. The van der Waals surface area contributed by atoms with Crippen LogP contribution in [0.4, 0.5) is 0 Å². The van der Waals surface area contributed by atoms with Crippen LogP contribution in [-0.2, 0) is 11.2 Å². The van der Waals surface area contributed by atoms with E-state index < -0.39 is 0 Å². The lowest BCUT2D eigenvalue weighted by atomic mass is 9.88. The molecule has 2 aliphatic heterocycles. The molecule has 1 amide bonds. The van der Waals surface area contributed by atoms with Crippen LogP contribution >= 0.6 is 0 Å². The van der Waals surface area contributed by atoms with Gasteiger partial charge in [-0.25, -0.2) is 0 Å². The number of aryl methyl sites for hydroxylation is 1. The molecular formula is C25H25NO5. The zero-order valence-electron chi connectivity index (χ0n) is 17.6. The molecule has 0 bridgehead atoms. The lowest BCUT2D eigenvalue weighted by Crippen LogP contribution is -2.41. The number of ether oxygens (including phenoxy) is 2. The van der Waals surface area contributed by atoms with E-state index in [4.69, 9.17) is 13.9 Å². The second-order valence-corrected chi connectivity index (χ2v) is 8.32. The number of hydrogen-bond donors (Lipinski definition) is 0. The number of carbonyl (C=O) groups is 2. The Hall–Kier alpha value is -3.28. The standard InChI is InChI=1S/C25H25NO5/c1-16-2-4-20-19(15-31-22(20)12-16)14-24(27)26-8-6-17(7-9-26)25(28)18-3-5-21-23(13-18)30-11-10-29-21/h2-5,12-13,15,17H,6-11,14H2,1H3. The number of ketones is 1. The lowest BCUT2D eigenvalue weighted by Gasteiger charge is -2.31. The average molecular weight is 419 g/mol. The summed E-state index contributed by atoms with van der Waals surface area (Å²) in [6.45, 7) is 4.23. The molecular weight excluding hydrogens is 394 g/mol. The van der Waals surface area contributed by atoms with Crippen molar-refractivity contribution in [3.8, 4) is 11.5 Å². The molecule has 6 nitrogen and oxygen atoms in total. The number of nitrogens with zero attached hydrogens (tertiary/aromatic N) is 1. The molecule has 0 N–H and O–H groups in total. The molecule has 2 aromatic carbocycles. The quantitative estimate of drug-likeness (QED) is 0.594. The van der Waals surface area contributed by atoms with Gasteiger partial charge in [-0.15, -0.1) is 0 Å². The third-order valence-corrected chi connectivity index (χ3v) is 6.20. The second-order valence-electron chi connectivity index (χ2n) is 8.32. The van der Waals surface area contributed by atoms with E-state index in [1.165, 1.54) is 0 Å². The van der Waals surface area contributed by atoms with Gasteiger partial charge in [0.15, 0.2) is 17.3 Å². The first-order chi connectivity index (χ1) is 15.1. The highest BCUT2D eigenvalue weighted by Gasteiger charge is 2.29. The van der Waals surface area contributed by atoms with Crippen molar-refractivity contribution < 1.29 is 23.5 Å². The molecule has 0 saturated carbocycles. The van der Waals surface area contributed by atoms with Gasteiger partial charge in [-0.3, -0.25) is 9.59 Å². The number of likely N-dealkylation sites (tertiary alicyclic amines) is 1. The maximum Gasteiger partial charge on any atom is 0.227 e. The Morgan fingerprint density at radius 3 is 2.58 bits per heavy atom. The largest absolute Gasteiger partial charge is 0.486 e. The van der Waals surface area contributed by atoms with Crippen LogP contribution in [0.1, 0.15) is 34.3 Å². The Labute approximate surface area is 180 Å². The smallest absolute Gasteiger partial charge is 0.227 e. The van der Waals surface area contributed by atoms with Gasteiger partial charge in [-0.05, 0) is 49.6 Å². The van der Waals surface area contributed by atoms with E-state index in [1.807, 2.05) is 30.0 Å². The molecule has 1 fully saturated rings. The highest BCUT2D eigenvalue weighted by atomic mass is 16.6. The topological polar surface area (TPSA) is 69.0 Å². The number of piperidine rings is 1. The SMILES string of the molecule is Cc1ccc2c(CC(=O)N3CCC(C(=O)c4ccc5c(c4)OCCO5)CC3)coc2c1. The van der Waals surface area contributed by atoms with Crippen LogP contribution in [0, 0.1) is 12.8 Å². The van der Waals surface area contributed by atoms with E-state index in [0.717, 1.165) is 22.1 Å². The minimum absolute atomic E-state index is 0.0773. The molecule has 3 heterocycles. The highest BCUT2D eigenvalue weighted by Crippen LogP contribution is 2.33. The van der Waals surface area contributed by atoms with Crippen LogP contribution in [0.3, 0.4) is 0 Å². The Morgan fingerprint density at radius 2 is 1.77 bits per heavy atom. The van der Waals surface area contributed by atoms with Gasteiger partial charge in [0.05, 0.1) is 12.7 Å². The van der Waals surface area contributed by atoms with Crippen LogP contribution in [0.25, 0.3) is 11.0 Å². The van der Waals surface area contributed by atoms with Crippen LogP contribution in [-0.4, -0.2) is 42.9 Å². The normalized spacial score (nSPS) is 16.5. The van der Waals surface area contributed by atoms with E-state index >= 15 is 0 Å². The molecule has 1 saturated heterocycles. The molecule has 6 heteroatoms. The number of Topliss-reactive ketones (excluding diaryl/α,β-unsaturated/α-hetero) is 1. The molecule has 160 valence electrons. The van der Waals surface area contributed by atoms with Crippen molar-refractivity contribution in [3.63, 3.8) is 0 Å². The van der Waals surface area contributed by atoms with Crippen molar-refractivity contribution in [2.75, 3.05) is 26.3 Å². The van der Waals surface area contributed by atoms with Crippen LogP contribution in [0.2, 0.25) is 0 Å². The summed E-state index contributed by atoms with van der Waals surface area (Å²) < 4.78 is 16.8. The van der Waals surface area contributed by atoms with Crippen LogP contribution < -0.4 is 9.47 Å². The van der Waals surface area contributed by atoms with E-state index in [0.29, 0.717) is 62.6 Å². The Bertz CT molecular complexity index is 1140. The van der Waals surface area contributed by atoms with Gasteiger partial charge in [-0.1, -0.05) is 12.1 Å². The monoisotopic (exact) mass is 419 g/mol. The minimum Gasteiger partial charge on any atom is -0.486 e. The molecule has 0 unspecified atom stereocenters. The van der Waals surface area contributed by atoms with E-state index in [1.54, 1.807) is 24.5 Å². The van der Waals surface area contributed by atoms with Crippen molar-refractivity contribution in [1.82, 2.24) is 4.90 Å². The fourth-order valence-corrected chi connectivity index (χ4v) is 4.43. The highest BCUT2D eigenvalue weighted by molar-refractivity contribution is 5.98. The summed E-state index contributed by atoms with van der Waals surface area (Å²) >= 11 is 0. The zero-order chi connectivity index (χ0) is 21.4. The van der Waals surface area contributed by atoms with Gasteiger partial charge < -0.3 is 18.8 Å². The first-order valence-corrected chi connectivity index (χ1v) is 10.8. The fraction of sp³-hybridized carbons (Fsp3) is 0.360. The van der Waals surface area contributed by atoms with E-state index in [2.05, 4.69) is 0 Å². The van der Waals surface area contributed by atoms with Gasteiger partial charge in [0.2, 0.25) is 5.91 Å². The summed E-state index contributed by atoms with van der Waals surface area (Å²) in [5.74, 6) is 1.43. The van der Waals surface area contributed by atoms with Crippen molar-refractivity contribution >= 4 is 22.7 Å². The predicted molar refractivity (Wildman–Crippen MR) is 116 cm³/mol. The van der Waals surface area contributed by atoms with Gasteiger partial charge in [0, 0.05) is 35.5 Å². The molecule has 0 aliphatic carbocycles. The summed E-state index contributed by atoms with van der Waals surface area (Å²) in [5.41, 5.74) is 3.50. The van der Waals surface area contributed by atoms with Crippen molar-refractivity contribution in [2.45, 2.75) is 26.2 Å². The summed E-state index contributed by atoms with van der Waals surface area (Å²) in [5, 5.41) is 0.989. The minimum atomic E-state index is -0.0793. The number of fused-ring (bicyclic) bond motifs is 2. The third-order valence-electron chi connectivity index (χ3n) is 6.20. The lowest BCUT2D eigenvalue weighted by molar-refractivity contribution is -0.131. The van der Waals surface area contributed by atoms with Crippen molar-refractivity contribution in [3.05, 3.63) is 59.4 Å². The Kier molecular flexibility index (Phi) is 5.14. The average Bonchev–Trinajstić information content (AvgIpc) is 3.19.